The number of aromatic nitrogens is 1. The molecule has 3 rings (SSSR count). The van der Waals surface area contributed by atoms with Crippen molar-refractivity contribution < 1.29 is 13.7 Å². The first-order chi connectivity index (χ1) is 14.5. The molecule has 30 heavy (non-hydrogen) atoms. The molecule has 0 spiro atoms. The van der Waals surface area contributed by atoms with Gasteiger partial charge in [-0.3, -0.25) is 9.89 Å². The van der Waals surface area contributed by atoms with Gasteiger partial charge in [0.25, 0.3) is 0 Å². The highest BCUT2D eigenvalue weighted by Crippen LogP contribution is 2.20. The number of rotatable bonds is 7. The lowest BCUT2D eigenvalue weighted by atomic mass is 10.0. The number of aryl methyl sites for hydroxylation is 2. The van der Waals surface area contributed by atoms with E-state index in [-0.39, 0.29) is 11.6 Å². The van der Waals surface area contributed by atoms with Gasteiger partial charge in [-0.1, -0.05) is 11.2 Å². The fourth-order valence-electron chi connectivity index (χ4n) is 3.85. The van der Waals surface area contributed by atoms with Gasteiger partial charge in [0.15, 0.2) is 17.5 Å². The van der Waals surface area contributed by atoms with Crippen LogP contribution in [0.25, 0.3) is 0 Å². The zero-order valence-corrected chi connectivity index (χ0v) is 18.3. The van der Waals surface area contributed by atoms with Crippen molar-refractivity contribution in [1.29, 1.82) is 0 Å². The molecule has 1 aromatic heterocycles. The summed E-state index contributed by atoms with van der Waals surface area (Å²) in [7, 11) is 3.27. The van der Waals surface area contributed by atoms with Crippen LogP contribution in [0.3, 0.4) is 0 Å². The molecule has 0 bridgehead atoms. The molecule has 0 unspecified atom stereocenters. The van der Waals surface area contributed by atoms with Gasteiger partial charge in [0, 0.05) is 44.8 Å². The lowest BCUT2D eigenvalue weighted by Gasteiger charge is -2.33. The van der Waals surface area contributed by atoms with Crippen LogP contribution in [0.1, 0.15) is 35.4 Å². The number of piperidine rings is 1. The SMILES string of the molecule is CN=C(NCCc1c(C)noc1C)NC1CCN(Cc2ccc(OC)c(F)c2)CC1. The Morgan fingerprint density at radius 1 is 1.33 bits per heavy atom. The number of guanidine groups is 1. The van der Waals surface area contributed by atoms with Gasteiger partial charge >= 0.3 is 0 Å². The zero-order valence-electron chi connectivity index (χ0n) is 18.3. The maximum atomic E-state index is 13.9. The minimum atomic E-state index is -0.307. The molecule has 0 atom stereocenters. The molecular formula is C22H32FN5O2. The molecule has 2 N–H and O–H groups in total. The monoisotopic (exact) mass is 417 g/mol. The number of aliphatic imine (C=N–C) groups is 1. The van der Waals surface area contributed by atoms with Crippen LogP contribution in [0, 0.1) is 19.7 Å². The van der Waals surface area contributed by atoms with Crippen molar-refractivity contribution >= 4 is 5.96 Å². The van der Waals surface area contributed by atoms with Crippen LogP contribution in [0.4, 0.5) is 4.39 Å². The standard InChI is InChI=1S/C22H32FN5O2/c1-15-19(16(2)30-27-15)7-10-25-22(24-3)26-18-8-11-28(12-9-18)14-17-5-6-21(29-4)20(23)13-17/h5-6,13,18H,7-12,14H2,1-4H3,(H2,24,25,26). The smallest absolute Gasteiger partial charge is 0.191 e. The summed E-state index contributed by atoms with van der Waals surface area (Å²) >= 11 is 0. The van der Waals surface area contributed by atoms with Gasteiger partial charge in [0.2, 0.25) is 0 Å². The lowest BCUT2D eigenvalue weighted by Crippen LogP contribution is -2.48. The molecule has 1 aromatic carbocycles. The summed E-state index contributed by atoms with van der Waals surface area (Å²) in [6.07, 6.45) is 2.88. The van der Waals surface area contributed by atoms with Crippen LogP contribution in [0.15, 0.2) is 27.7 Å². The van der Waals surface area contributed by atoms with Gasteiger partial charge in [-0.15, -0.1) is 0 Å². The fourth-order valence-corrected chi connectivity index (χ4v) is 3.85. The summed E-state index contributed by atoms with van der Waals surface area (Å²) in [5.41, 5.74) is 3.07. The molecule has 8 heteroatoms. The molecule has 1 fully saturated rings. The molecule has 1 aliphatic heterocycles. The summed E-state index contributed by atoms with van der Waals surface area (Å²) in [6, 6.07) is 5.56. The van der Waals surface area contributed by atoms with Crippen LogP contribution in [0.2, 0.25) is 0 Å². The summed E-state index contributed by atoms with van der Waals surface area (Å²) < 4.78 is 24.1. The summed E-state index contributed by atoms with van der Waals surface area (Å²) in [4.78, 5) is 6.70. The molecule has 7 nitrogen and oxygen atoms in total. The molecule has 2 heterocycles. The van der Waals surface area contributed by atoms with E-state index >= 15 is 0 Å². The van der Waals surface area contributed by atoms with Crippen molar-refractivity contribution in [2.45, 2.75) is 45.7 Å². The minimum absolute atomic E-state index is 0.287. The highest BCUT2D eigenvalue weighted by atomic mass is 19.1. The average molecular weight is 418 g/mol. The normalized spacial score (nSPS) is 16.0. The van der Waals surface area contributed by atoms with Gasteiger partial charge in [-0.2, -0.15) is 0 Å². The topological polar surface area (TPSA) is 74.9 Å². The van der Waals surface area contributed by atoms with E-state index in [1.54, 1.807) is 19.2 Å². The Labute approximate surface area is 177 Å². The maximum absolute atomic E-state index is 13.9. The number of halogens is 1. The number of benzene rings is 1. The van der Waals surface area contributed by atoms with Crippen molar-refractivity contribution in [2.75, 3.05) is 33.8 Å². The van der Waals surface area contributed by atoms with E-state index in [2.05, 4.69) is 25.7 Å². The van der Waals surface area contributed by atoms with E-state index in [4.69, 9.17) is 9.26 Å². The van der Waals surface area contributed by atoms with Crippen molar-refractivity contribution in [3.05, 3.63) is 46.6 Å². The highest BCUT2D eigenvalue weighted by molar-refractivity contribution is 5.79. The van der Waals surface area contributed by atoms with E-state index < -0.39 is 0 Å². The average Bonchev–Trinajstić information content (AvgIpc) is 3.06. The number of methoxy groups -OCH3 is 1. The Hall–Kier alpha value is -2.61. The second kappa shape index (κ2) is 10.4. The molecule has 1 aliphatic rings. The first-order valence-corrected chi connectivity index (χ1v) is 10.4. The highest BCUT2D eigenvalue weighted by Gasteiger charge is 2.20. The van der Waals surface area contributed by atoms with E-state index in [9.17, 15) is 4.39 Å². The number of ether oxygens (including phenoxy) is 1. The van der Waals surface area contributed by atoms with E-state index in [0.29, 0.717) is 6.04 Å². The molecule has 0 radical (unpaired) electrons. The molecule has 1 saturated heterocycles. The van der Waals surface area contributed by atoms with E-state index in [1.165, 1.54) is 7.11 Å². The number of nitrogens with one attached hydrogen (secondary N) is 2. The molecule has 164 valence electrons. The van der Waals surface area contributed by atoms with Crippen molar-refractivity contribution in [1.82, 2.24) is 20.7 Å². The number of hydrogen-bond donors (Lipinski definition) is 2. The number of hydrogen-bond acceptors (Lipinski definition) is 5. The molecule has 0 aliphatic carbocycles. The van der Waals surface area contributed by atoms with E-state index in [0.717, 1.165) is 74.0 Å². The molecule has 0 saturated carbocycles. The fraction of sp³-hybridized carbons (Fsp3) is 0.545. The Morgan fingerprint density at radius 3 is 2.70 bits per heavy atom. The minimum Gasteiger partial charge on any atom is -0.494 e. The predicted octanol–water partition coefficient (Wildman–Crippen LogP) is 2.81. The molecule has 0 amide bonds. The quantitative estimate of drug-likeness (QED) is 0.533. The Kier molecular flexibility index (Phi) is 7.68. The summed E-state index contributed by atoms with van der Waals surface area (Å²) in [6.45, 7) is 7.34. The Balaban J connectivity index is 1.41. The summed E-state index contributed by atoms with van der Waals surface area (Å²) in [5.74, 6) is 1.67. The lowest BCUT2D eigenvalue weighted by molar-refractivity contribution is 0.198. The van der Waals surface area contributed by atoms with Gasteiger partial charge in [0.1, 0.15) is 5.76 Å². The Bertz CT molecular complexity index is 840. The van der Waals surface area contributed by atoms with Crippen LogP contribution >= 0.6 is 0 Å². The Morgan fingerprint density at radius 2 is 2.10 bits per heavy atom. The first-order valence-electron chi connectivity index (χ1n) is 10.4. The molecular weight excluding hydrogens is 385 g/mol. The van der Waals surface area contributed by atoms with Crippen LogP contribution in [-0.2, 0) is 13.0 Å². The van der Waals surface area contributed by atoms with Crippen molar-refractivity contribution in [3.8, 4) is 5.75 Å². The first kappa shape index (κ1) is 22.1. The van der Waals surface area contributed by atoms with Crippen LogP contribution < -0.4 is 15.4 Å². The second-order valence-electron chi connectivity index (χ2n) is 7.72. The number of likely N-dealkylation sites (tertiary alicyclic amines) is 1. The van der Waals surface area contributed by atoms with Crippen LogP contribution in [-0.4, -0.2) is 55.8 Å². The van der Waals surface area contributed by atoms with Gasteiger partial charge in [-0.25, -0.2) is 4.39 Å². The zero-order chi connectivity index (χ0) is 21.5. The largest absolute Gasteiger partial charge is 0.494 e. The maximum Gasteiger partial charge on any atom is 0.191 e. The van der Waals surface area contributed by atoms with Gasteiger partial charge in [0.05, 0.1) is 12.8 Å². The third-order valence-electron chi connectivity index (χ3n) is 5.62. The number of nitrogens with zero attached hydrogens (tertiary/aromatic N) is 3. The van der Waals surface area contributed by atoms with Crippen molar-refractivity contribution in [3.63, 3.8) is 0 Å². The molecule has 2 aromatic rings. The van der Waals surface area contributed by atoms with E-state index in [1.807, 2.05) is 19.9 Å². The van der Waals surface area contributed by atoms with Gasteiger partial charge < -0.3 is 19.9 Å². The third-order valence-corrected chi connectivity index (χ3v) is 5.62. The van der Waals surface area contributed by atoms with Crippen LogP contribution in [0.5, 0.6) is 5.75 Å². The summed E-state index contributed by atoms with van der Waals surface area (Å²) in [5, 5.41) is 10.9. The predicted molar refractivity (Wildman–Crippen MR) is 115 cm³/mol. The third kappa shape index (κ3) is 5.72. The second-order valence-corrected chi connectivity index (χ2v) is 7.72. The van der Waals surface area contributed by atoms with Gasteiger partial charge in [-0.05, 0) is 50.8 Å². The van der Waals surface area contributed by atoms with Crippen molar-refractivity contribution in [2.24, 2.45) is 4.99 Å².